The van der Waals surface area contributed by atoms with Crippen LogP contribution < -0.4 is 5.32 Å². The Morgan fingerprint density at radius 1 is 1.77 bits per heavy atom. The van der Waals surface area contributed by atoms with Gasteiger partial charge in [-0.2, -0.15) is 0 Å². The maximum Gasteiger partial charge on any atom is 0.252 e. The van der Waals surface area contributed by atoms with E-state index in [1.807, 2.05) is 29.5 Å². The molecule has 1 aromatic heterocycles. The van der Waals surface area contributed by atoms with Crippen LogP contribution in [0.5, 0.6) is 0 Å². The lowest BCUT2D eigenvalue weighted by atomic mass is 10.3. The van der Waals surface area contributed by atoms with Crippen molar-refractivity contribution in [2.75, 3.05) is 12.8 Å². The van der Waals surface area contributed by atoms with Crippen LogP contribution in [0, 0.1) is 0 Å². The van der Waals surface area contributed by atoms with E-state index < -0.39 is 0 Å². The Bertz CT molecular complexity index is 330. The number of rotatable bonds is 3. The summed E-state index contributed by atoms with van der Waals surface area (Å²) in [4.78, 5) is 11.3. The standard InChI is InChI=1S/C9H14N2OS/c1-4-10-9(12)8-5-6-11(7-8)13(2)3/h5-7H,2,4H2,1,3H3,(H,10,12). The fourth-order valence-corrected chi connectivity index (χ4v) is 1.53. The van der Waals surface area contributed by atoms with E-state index in [9.17, 15) is 4.79 Å². The van der Waals surface area contributed by atoms with Gasteiger partial charge in [0, 0.05) is 18.9 Å². The molecule has 0 fully saturated rings. The van der Waals surface area contributed by atoms with E-state index >= 15 is 0 Å². The number of hydrogen-bond acceptors (Lipinski definition) is 1. The van der Waals surface area contributed by atoms with Crippen LogP contribution in [-0.2, 0) is 0 Å². The van der Waals surface area contributed by atoms with Crippen molar-refractivity contribution in [3.63, 3.8) is 0 Å². The quantitative estimate of drug-likeness (QED) is 0.730. The maximum atomic E-state index is 11.3. The molecule has 1 atom stereocenters. The fourth-order valence-electron chi connectivity index (χ4n) is 0.968. The summed E-state index contributed by atoms with van der Waals surface area (Å²) in [7, 11) is -0.0919. The van der Waals surface area contributed by atoms with Gasteiger partial charge in [-0.3, -0.25) is 4.79 Å². The van der Waals surface area contributed by atoms with Crippen LogP contribution in [0.25, 0.3) is 0 Å². The molecule has 0 radical (unpaired) electrons. The van der Waals surface area contributed by atoms with E-state index in [0.717, 1.165) is 0 Å². The molecule has 13 heavy (non-hydrogen) atoms. The third-order valence-corrected chi connectivity index (χ3v) is 2.57. The smallest absolute Gasteiger partial charge is 0.252 e. The molecule has 0 saturated carbocycles. The zero-order valence-electron chi connectivity index (χ0n) is 7.91. The van der Waals surface area contributed by atoms with Crippen molar-refractivity contribution in [3.8, 4) is 0 Å². The molecule has 4 heteroatoms. The van der Waals surface area contributed by atoms with E-state index in [0.29, 0.717) is 12.1 Å². The highest BCUT2D eigenvalue weighted by Crippen LogP contribution is 2.11. The van der Waals surface area contributed by atoms with Gasteiger partial charge in [0.2, 0.25) is 0 Å². The summed E-state index contributed by atoms with van der Waals surface area (Å²) < 4.78 is 1.94. The van der Waals surface area contributed by atoms with Gasteiger partial charge in [-0.15, -0.1) is 10.7 Å². The first-order valence-electron chi connectivity index (χ1n) is 4.07. The Kier molecular flexibility index (Phi) is 3.31. The molecular weight excluding hydrogens is 184 g/mol. The molecule has 0 aliphatic heterocycles. The minimum Gasteiger partial charge on any atom is -0.352 e. The molecule has 3 nitrogen and oxygen atoms in total. The monoisotopic (exact) mass is 198 g/mol. The maximum absolute atomic E-state index is 11.3. The average molecular weight is 198 g/mol. The van der Waals surface area contributed by atoms with Crippen LogP contribution in [0.15, 0.2) is 18.5 Å². The van der Waals surface area contributed by atoms with Crippen molar-refractivity contribution in [1.29, 1.82) is 0 Å². The van der Waals surface area contributed by atoms with Gasteiger partial charge in [0.05, 0.1) is 5.56 Å². The van der Waals surface area contributed by atoms with Crippen molar-refractivity contribution in [2.45, 2.75) is 6.92 Å². The Labute approximate surface area is 80.8 Å². The normalized spacial score (nSPS) is 12.5. The molecule has 0 aliphatic rings. The van der Waals surface area contributed by atoms with Crippen molar-refractivity contribution in [2.24, 2.45) is 0 Å². The van der Waals surface area contributed by atoms with Crippen LogP contribution in [0.3, 0.4) is 0 Å². The van der Waals surface area contributed by atoms with Crippen LogP contribution >= 0.6 is 10.7 Å². The Morgan fingerprint density at radius 2 is 2.46 bits per heavy atom. The largest absolute Gasteiger partial charge is 0.352 e. The highest BCUT2D eigenvalue weighted by Gasteiger charge is 2.04. The zero-order valence-corrected chi connectivity index (χ0v) is 8.73. The molecule has 72 valence electrons. The number of carbonyl (C=O) groups excluding carboxylic acids is 1. The van der Waals surface area contributed by atoms with E-state index in [1.165, 1.54) is 0 Å². The van der Waals surface area contributed by atoms with Crippen LogP contribution in [0.2, 0.25) is 0 Å². The number of nitrogens with one attached hydrogen (secondary N) is 1. The molecule has 1 heterocycles. The first kappa shape index (κ1) is 10.1. The predicted octanol–water partition coefficient (Wildman–Crippen LogP) is 1.33. The Morgan fingerprint density at radius 3 is 2.92 bits per heavy atom. The Hall–Kier alpha value is -1.03. The SMILES string of the molecule is C=S(C)n1ccc(C(=O)NCC)c1. The van der Waals surface area contributed by atoms with Gasteiger partial charge in [0.15, 0.2) is 0 Å². The molecule has 0 bridgehead atoms. The van der Waals surface area contributed by atoms with Gasteiger partial charge in [-0.25, -0.2) is 0 Å². The van der Waals surface area contributed by atoms with Gasteiger partial charge in [0.1, 0.15) is 0 Å². The zero-order chi connectivity index (χ0) is 9.84. The molecule has 0 aromatic carbocycles. The molecule has 1 aromatic rings. The third-order valence-electron chi connectivity index (χ3n) is 1.63. The number of hydrogen-bond donors (Lipinski definition) is 1. The first-order valence-corrected chi connectivity index (χ1v) is 5.83. The average Bonchev–Trinajstić information content (AvgIpc) is 2.52. The highest BCUT2D eigenvalue weighted by molar-refractivity contribution is 8.12. The molecule has 1 amide bonds. The van der Waals surface area contributed by atoms with Gasteiger partial charge >= 0.3 is 0 Å². The molecule has 0 saturated heterocycles. The Balaban J connectivity index is 2.79. The molecule has 0 aliphatic carbocycles. The molecular formula is C9H14N2OS. The van der Waals surface area contributed by atoms with E-state index in [2.05, 4.69) is 11.2 Å². The van der Waals surface area contributed by atoms with Crippen LogP contribution in [0.4, 0.5) is 0 Å². The van der Waals surface area contributed by atoms with Gasteiger partial charge in [-0.05, 0) is 19.2 Å². The topological polar surface area (TPSA) is 34.0 Å². The number of aromatic nitrogens is 1. The van der Waals surface area contributed by atoms with Gasteiger partial charge in [0.25, 0.3) is 5.91 Å². The van der Waals surface area contributed by atoms with E-state index in [4.69, 9.17) is 0 Å². The van der Waals surface area contributed by atoms with Crippen molar-refractivity contribution in [1.82, 2.24) is 9.29 Å². The van der Waals surface area contributed by atoms with Gasteiger partial charge in [-0.1, -0.05) is 5.87 Å². The summed E-state index contributed by atoms with van der Waals surface area (Å²) in [5, 5.41) is 2.74. The second-order valence-corrected chi connectivity index (χ2v) is 4.34. The summed E-state index contributed by atoms with van der Waals surface area (Å²) in [6, 6.07) is 1.81. The number of amides is 1. The summed E-state index contributed by atoms with van der Waals surface area (Å²) >= 11 is 0. The van der Waals surface area contributed by atoms with E-state index in [1.54, 1.807) is 6.07 Å². The van der Waals surface area contributed by atoms with Crippen molar-refractivity contribution >= 4 is 22.4 Å². The van der Waals surface area contributed by atoms with E-state index in [-0.39, 0.29) is 16.6 Å². The lowest BCUT2D eigenvalue weighted by Crippen LogP contribution is -2.21. The summed E-state index contributed by atoms with van der Waals surface area (Å²) in [6.45, 7) is 2.56. The first-order chi connectivity index (χ1) is 6.15. The lowest BCUT2D eigenvalue weighted by molar-refractivity contribution is 0.0956. The van der Waals surface area contributed by atoms with Gasteiger partial charge < -0.3 is 9.29 Å². The third kappa shape index (κ3) is 2.45. The number of nitrogens with zero attached hydrogens (tertiary/aromatic N) is 1. The molecule has 1 rings (SSSR count). The molecule has 1 unspecified atom stereocenters. The van der Waals surface area contributed by atoms with Crippen LogP contribution in [0.1, 0.15) is 17.3 Å². The minimum absolute atomic E-state index is 0.0216. The number of carbonyl (C=O) groups is 1. The second kappa shape index (κ2) is 4.28. The minimum atomic E-state index is -0.0919. The van der Waals surface area contributed by atoms with Crippen molar-refractivity contribution < 1.29 is 4.79 Å². The van der Waals surface area contributed by atoms with Crippen LogP contribution in [-0.4, -0.2) is 28.6 Å². The lowest BCUT2D eigenvalue weighted by Gasteiger charge is -2.00. The summed E-state index contributed by atoms with van der Waals surface area (Å²) in [6.07, 6.45) is 5.70. The van der Waals surface area contributed by atoms with Crippen molar-refractivity contribution in [3.05, 3.63) is 24.0 Å². The highest BCUT2D eigenvalue weighted by atomic mass is 32.2. The predicted molar refractivity (Wildman–Crippen MR) is 58.5 cm³/mol. The molecule has 1 N–H and O–H groups in total. The fraction of sp³-hybridized carbons (Fsp3) is 0.333. The summed E-state index contributed by atoms with van der Waals surface area (Å²) in [5.41, 5.74) is 0.699. The second-order valence-electron chi connectivity index (χ2n) is 2.72. The molecule has 0 spiro atoms. The summed E-state index contributed by atoms with van der Waals surface area (Å²) in [5.74, 6) is 3.86.